The smallest absolute Gasteiger partial charge is 0.462 e. The van der Waals surface area contributed by atoms with Gasteiger partial charge in [-0.05, 0) is 44.9 Å². The van der Waals surface area contributed by atoms with Gasteiger partial charge in [0.25, 0.3) is 0 Å². The molecule has 8 nitrogen and oxygen atoms in total. The number of carbonyl (C=O) groups is 2. The Morgan fingerprint density at radius 2 is 0.889 bits per heavy atom. The first-order valence-corrected chi connectivity index (χ1v) is 24.0. The fourth-order valence-electron chi connectivity index (χ4n) is 6.45. The average molecular weight is 785 g/mol. The molecule has 0 aliphatic carbocycles. The van der Waals surface area contributed by atoms with Crippen molar-refractivity contribution in [3.05, 3.63) is 24.3 Å². The van der Waals surface area contributed by atoms with Crippen molar-refractivity contribution in [2.45, 2.75) is 232 Å². The molecule has 318 valence electrons. The van der Waals surface area contributed by atoms with Crippen molar-refractivity contribution in [1.82, 2.24) is 0 Å². The van der Waals surface area contributed by atoms with Gasteiger partial charge in [0.15, 0.2) is 6.10 Å². The molecule has 0 saturated carbocycles. The molecule has 0 aliphatic heterocycles. The van der Waals surface area contributed by atoms with E-state index < -0.39 is 26.5 Å². The monoisotopic (exact) mass is 785 g/mol. The van der Waals surface area contributed by atoms with Gasteiger partial charge in [0.2, 0.25) is 0 Å². The molecular formula is C45H85O8P. The minimum absolute atomic E-state index is 0.227. The topological polar surface area (TPSA) is 108 Å². The molecular weight excluding hydrogens is 699 g/mol. The number of rotatable bonds is 42. The molecule has 0 saturated heterocycles. The minimum atomic E-state index is -4.26. The predicted octanol–water partition coefficient (Wildman–Crippen LogP) is 14.2. The molecule has 1 N–H and O–H groups in total. The normalized spacial score (nSPS) is 13.5. The molecule has 2 atom stereocenters. The number of hydrogen-bond donors (Lipinski definition) is 1. The van der Waals surface area contributed by atoms with Crippen molar-refractivity contribution < 1.29 is 37.6 Å². The summed E-state index contributed by atoms with van der Waals surface area (Å²) in [5.74, 6) is -0.810. The molecule has 0 radical (unpaired) electrons. The highest BCUT2D eigenvalue weighted by molar-refractivity contribution is 7.47. The fraction of sp³-hybridized carbons (Fsp3) is 0.867. The Kier molecular flexibility index (Phi) is 40.1. The number of hydrogen-bond acceptors (Lipinski definition) is 7. The van der Waals surface area contributed by atoms with Crippen LogP contribution in [0.4, 0.5) is 0 Å². The Hall–Kier alpha value is -1.47. The Bertz CT molecular complexity index is 937. The van der Waals surface area contributed by atoms with Crippen LogP contribution in [0.25, 0.3) is 0 Å². The van der Waals surface area contributed by atoms with Gasteiger partial charge in [-0.1, -0.05) is 192 Å². The number of phosphoric acid groups is 1. The maximum Gasteiger partial charge on any atom is 0.472 e. The molecule has 9 heteroatoms. The van der Waals surface area contributed by atoms with Gasteiger partial charge in [-0.3, -0.25) is 18.6 Å². The first-order chi connectivity index (χ1) is 26.3. The fourth-order valence-corrected chi connectivity index (χ4v) is 6.91. The number of ether oxygens (including phenoxy) is 2. The molecule has 0 heterocycles. The predicted molar refractivity (Wildman–Crippen MR) is 226 cm³/mol. The van der Waals surface area contributed by atoms with Crippen LogP contribution in [0.3, 0.4) is 0 Å². The Balaban J connectivity index is 3.93. The summed E-state index contributed by atoms with van der Waals surface area (Å²) in [5, 5.41) is 0. The Morgan fingerprint density at radius 3 is 1.33 bits per heavy atom. The molecule has 0 aromatic heterocycles. The maximum absolute atomic E-state index is 12.5. The summed E-state index contributed by atoms with van der Waals surface area (Å²) in [7, 11) is -3.20. The highest BCUT2D eigenvalue weighted by Crippen LogP contribution is 2.42. The second-order valence-corrected chi connectivity index (χ2v) is 16.8. The van der Waals surface area contributed by atoms with E-state index in [1.807, 2.05) is 0 Å². The zero-order valence-corrected chi connectivity index (χ0v) is 36.3. The van der Waals surface area contributed by atoms with Gasteiger partial charge in [-0.25, -0.2) is 4.57 Å². The third-order valence-corrected chi connectivity index (χ3v) is 10.9. The van der Waals surface area contributed by atoms with E-state index >= 15 is 0 Å². The SMILES string of the molecule is CCCCC/C=C\C/C=C\CCCCCCCC(=O)OC(COC(=O)CCCCCCCCCCCCCCCCCCCCCC)COP(=O)(O)OC. The molecule has 0 aromatic carbocycles. The summed E-state index contributed by atoms with van der Waals surface area (Å²) in [6.45, 7) is 3.88. The number of phosphoric ester groups is 1. The van der Waals surface area contributed by atoms with Crippen LogP contribution >= 0.6 is 7.82 Å². The van der Waals surface area contributed by atoms with E-state index in [4.69, 9.17) is 14.0 Å². The lowest BCUT2D eigenvalue weighted by atomic mass is 10.0. The third kappa shape index (κ3) is 40.2. The van der Waals surface area contributed by atoms with Crippen LogP contribution in [-0.2, 0) is 32.7 Å². The van der Waals surface area contributed by atoms with Crippen molar-refractivity contribution in [1.29, 1.82) is 0 Å². The molecule has 0 aliphatic rings. The first kappa shape index (κ1) is 52.5. The van der Waals surface area contributed by atoms with Crippen LogP contribution in [0.2, 0.25) is 0 Å². The quantitative estimate of drug-likeness (QED) is 0.0282. The summed E-state index contributed by atoms with van der Waals surface area (Å²) >= 11 is 0. The molecule has 0 rings (SSSR count). The lowest BCUT2D eigenvalue weighted by Crippen LogP contribution is -2.29. The van der Waals surface area contributed by atoms with Crippen LogP contribution in [0.15, 0.2) is 24.3 Å². The largest absolute Gasteiger partial charge is 0.472 e. The summed E-state index contributed by atoms with van der Waals surface area (Å²) in [6.07, 6.45) is 46.6. The van der Waals surface area contributed by atoms with Gasteiger partial charge in [0, 0.05) is 20.0 Å². The highest BCUT2D eigenvalue weighted by atomic mass is 31.2. The van der Waals surface area contributed by atoms with E-state index in [1.54, 1.807) is 0 Å². The summed E-state index contributed by atoms with van der Waals surface area (Å²) in [5.41, 5.74) is 0. The summed E-state index contributed by atoms with van der Waals surface area (Å²) in [4.78, 5) is 34.5. The van der Waals surface area contributed by atoms with E-state index in [9.17, 15) is 19.0 Å². The third-order valence-electron chi connectivity index (χ3n) is 9.95. The van der Waals surface area contributed by atoms with Gasteiger partial charge in [-0.15, -0.1) is 0 Å². The van der Waals surface area contributed by atoms with Gasteiger partial charge in [0.05, 0.1) is 6.61 Å². The van der Waals surface area contributed by atoms with Crippen LogP contribution in [0.1, 0.15) is 226 Å². The lowest BCUT2D eigenvalue weighted by Gasteiger charge is -2.19. The summed E-state index contributed by atoms with van der Waals surface area (Å²) in [6, 6.07) is 0. The maximum atomic E-state index is 12.5. The van der Waals surface area contributed by atoms with Crippen LogP contribution in [0.5, 0.6) is 0 Å². The van der Waals surface area contributed by atoms with Crippen molar-refractivity contribution in [3.63, 3.8) is 0 Å². The average Bonchev–Trinajstić information content (AvgIpc) is 3.16. The van der Waals surface area contributed by atoms with Gasteiger partial charge in [0.1, 0.15) is 6.61 Å². The molecule has 0 bridgehead atoms. The molecule has 0 fully saturated rings. The van der Waals surface area contributed by atoms with E-state index in [2.05, 4.69) is 42.7 Å². The van der Waals surface area contributed by atoms with Crippen LogP contribution in [0, 0.1) is 0 Å². The second-order valence-electron chi connectivity index (χ2n) is 15.2. The molecule has 0 amide bonds. The number of esters is 2. The van der Waals surface area contributed by atoms with Gasteiger partial charge in [-0.2, -0.15) is 0 Å². The second kappa shape index (κ2) is 41.2. The lowest BCUT2D eigenvalue weighted by molar-refractivity contribution is -0.161. The zero-order valence-electron chi connectivity index (χ0n) is 35.4. The highest BCUT2D eigenvalue weighted by Gasteiger charge is 2.24. The van der Waals surface area contributed by atoms with Gasteiger partial charge >= 0.3 is 19.8 Å². The van der Waals surface area contributed by atoms with Crippen molar-refractivity contribution in [2.75, 3.05) is 20.3 Å². The number of carbonyl (C=O) groups excluding carboxylic acids is 2. The van der Waals surface area contributed by atoms with Crippen LogP contribution < -0.4 is 0 Å². The van der Waals surface area contributed by atoms with E-state index in [0.29, 0.717) is 12.8 Å². The van der Waals surface area contributed by atoms with Crippen LogP contribution in [-0.4, -0.2) is 43.3 Å². The van der Waals surface area contributed by atoms with E-state index in [0.717, 1.165) is 64.9 Å². The molecule has 0 spiro atoms. The van der Waals surface area contributed by atoms with E-state index in [-0.39, 0.29) is 19.0 Å². The van der Waals surface area contributed by atoms with Crippen molar-refractivity contribution in [2.24, 2.45) is 0 Å². The Labute approximate surface area is 333 Å². The van der Waals surface area contributed by atoms with E-state index in [1.165, 1.54) is 135 Å². The molecule has 2 unspecified atom stereocenters. The number of unbranched alkanes of at least 4 members (excludes halogenated alkanes) is 27. The molecule has 0 aromatic rings. The molecule has 54 heavy (non-hydrogen) atoms. The number of allylic oxidation sites excluding steroid dienone is 4. The standard InChI is InChI=1S/C45H85O8P/c1-4-6-8-10-12-14-16-18-20-21-22-23-24-26-27-29-31-33-35-37-39-44(46)51-41-43(42-52-54(48,49)50-3)53-45(47)40-38-36-34-32-30-28-25-19-17-15-13-11-9-7-5-2/h13,15,19,25,43H,4-12,14,16-18,20-24,26-42H2,1-3H3,(H,48,49)/b15-13-,25-19-. The Morgan fingerprint density at radius 1 is 0.519 bits per heavy atom. The summed E-state index contributed by atoms with van der Waals surface area (Å²) < 4.78 is 32.0. The zero-order chi connectivity index (χ0) is 39.6. The van der Waals surface area contributed by atoms with Crippen molar-refractivity contribution >= 4 is 19.8 Å². The minimum Gasteiger partial charge on any atom is -0.462 e. The first-order valence-electron chi connectivity index (χ1n) is 22.5. The van der Waals surface area contributed by atoms with Gasteiger partial charge < -0.3 is 14.4 Å². The van der Waals surface area contributed by atoms with Crippen molar-refractivity contribution in [3.8, 4) is 0 Å².